The molecule has 0 radical (unpaired) electrons. The van der Waals surface area contributed by atoms with Crippen LogP contribution in [0.15, 0.2) is 35.0 Å². The molecule has 0 aliphatic rings. The maximum absolute atomic E-state index is 12.0. The van der Waals surface area contributed by atoms with Gasteiger partial charge in [0.2, 0.25) is 0 Å². The zero-order valence-electron chi connectivity index (χ0n) is 10.6. The van der Waals surface area contributed by atoms with Crippen LogP contribution in [0.1, 0.15) is 22.8 Å². The lowest BCUT2D eigenvalue weighted by molar-refractivity contribution is 0.0469. The molecule has 100 valence electrons. The molecule has 0 bridgehead atoms. The Morgan fingerprint density at radius 1 is 1.37 bits per heavy atom. The number of ether oxygens (including phenoxy) is 2. The standard InChI is InChI=1S/C14H15NO3S/c1-2-17-13-11(4-3-5-12(13)15)14(16)18-8-10-6-7-19-9-10/h3-7,9H,2,8,15H2,1H3. The van der Waals surface area contributed by atoms with Gasteiger partial charge in [-0.25, -0.2) is 4.79 Å². The highest BCUT2D eigenvalue weighted by atomic mass is 32.1. The van der Waals surface area contributed by atoms with Crippen molar-refractivity contribution in [2.24, 2.45) is 0 Å². The van der Waals surface area contributed by atoms with Gasteiger partial charge in [-0.2, -0.15) is 11.3 Å². The molecule has 1 aromatic heterocycles. The molecule has 0 unspecified atom stereocenters. The van der Waals surface area contributed by atoms with Crippen LogP contribution in [0.25, 0.3) is 0 Å². The number of nitrogens with two attached hydrogens (primary N) is 1. The van der Waals surface area contributed by atoms with Crippen molar-refractivity contribution >= 4 is 23.0 Å². The fourth-order valence-corrected chi connectivity index (χ4v) is 2.28. The highest BCUT2D eigenvalue weighted by Gasteiger charge is 2.16. The zero-order chi connectivity index (χ0) is 13.7. The Balaban J connectivity index is 2.12. The van der Waals surface area contributed by atoms with Gasteiger partial charge in [-0.15, -0.1) is 0 Å². The van der Waals surface area contributed by atoms with Crippen LogP contribution in [0.2, 0.25) is 0 Å². The third kappa shape index (κ3) is 3.26. The van der Waals surface area contributed by atoms with Crippen molar-refractivity contribution in [1.29, 1.82) is 0 Å². The summed E-state index contributed by atoms with van der Waals surface area (Å²) in [5.41, 5.74) is 7.57. The molecular formula is C14H15NO3S. The number of rotatable bonds is 5. The van der Waals surface area contributed by atoms with Crippen LogP contribution in [0.4, 0.5) is 5.69 Å². The second kappa shape index (κ2) is 6.24. The first-order chi connectivity index (χ1) is 9.22. The molecule has 1 aromatic carbocycles. The summed E-state index contributed by atoms with van der Waals surface area (Å²) in [5, 5.41) is 3.88. The summed E-state index contributed by atoms with van der Waals surface area (Å²) in [6.45, 7) is 2.54. The Hall–Kier alpha value is -2.01. The molecule has 4 nitrogen and oxygen atoms in total. The van der Waals surface area contributed by atoms with E-state index in [1.165, 1.54) is 0 Å². The van der Waals surface area contributed by atoms with Gasteiger partial charge in [-0.3, -0.25) is 0 Å². The predicted molar refractivity (Wildman–Crippen MR) is 75.5 cm³/mol. The zero-order valence-corrected chi connectivity index (χ0v) is 11.4. The van der Waals surface area contributed by atoms with Crippen LogP contribution < -0.4 is 10.5 Å². The maximum atomic E-state index is 12.0. The molecule has 0 aliphatic heterocycles. The first-order valence-corrected chi connectivity index (χ1v) is 6.86. The smallest absolute Gasteiger partial charge is 0.342 e. The summed E-state index contributed by atoms with van der Waals surface area (Å²) < 4.78 is 10.6. The number of carbonyl (C=O) groups excluding carboxylic acids is 1. The van der Waals surface area contributed by atoms with Crippen molar-refractivity contribution in [3.05, 3.63) is 46.2 Å². The average molecular weight is 277 g/mol. The molecule has 5 heteroatoms. The van der Waals surface area contributed by atoms with Crippen molar-refractivity contribution in [1.82, 2.24) is 0 Å². The monoisotopic (exact) mass is 277 g/mol. The molecule has 0 fully saturated rings. The molecule has 0 aliphatic carbocycles. The molecule has 2 rings (SSSR count). The largest absolute Gasteiger partial charge is 0.491 e. The summed E-state index contributed by atoms with van der Waals surface area (Å²) in [6.07, 6.45) is 0. The summed E-state index contributed by atoms with van der Waals surface area (Å²) in [4.78, 5) is 12.0. The SMILES string of the molecule is CCOc1c(N)cccc1C(=O)OCc1ccsc1. The Labute approximate surface area is 115 Å². The van der Waals surface area contributed by atoms with E-state index in [1.54, 1.807) is 29.5 Å². The van der Waals surface area contributed by atoms with Gasteiger partial charge in [0.05, 0.1) is 12.3 Å². The number of hydrogen-bond acceptors (Lipinski definition) is 5. The Bertz CT molecular complexity index is 552. The molecule has 0 atom stereocenters. The molecule has 0 amide bonds. The Kier molecular flexibility index (Phi) is 4.41. The number of benzene rings is 1. The second-order valence-electron chi connectivity index (χ2n) is 3.86. The van der Waals surface area contributed by atoms with E-state index in [0.29, 0.717) is 23.6 Å². The molecule has 19 heavy (non-hydrogen) atoms. The van der Waals surface area contributed by atoms with Gasteiger partial charge in [0.15, 0.2) is 5.75 Å². The number of esters is 1. The van der Waals surface area contributed by atoms with Crippen LogP contribution in [0.3, 0.4) is 0 Å². The number of carbonyl (C=O) groups is 1. The van der Waals surface area contributed by atoms with Crippen LogP contribution in [0, 0.1) is 0 Å². The number of hydrogen-bond donors (Lipinski definition) is 1. The van der Waals surface area contributed by atoms with Crippen molar-refractivity contribution < 1.29 is 14.3 Å². The van der Waals surface area contributed by atoms with Gasteiger partial charge in [-0.05, 0) is 35.9 Å². The van der Waals surface area contributed by atoms with Crippen LogP contribution in [0.5, 0.6) is 5.75 Å². The molecule has 0 saturated heterocycles. The molecule has 2 N–H and O–H groups in total. The van der Waals surface area contributed by atoms with Crippen LogP contribution in [-0.4, -0.2) is 12.6 Å². The maximum Gasteiger partial charge on any atom is 0.342 e. The fraction of sp³-hybridized carbons (Fsp3) is 0.214. The molecular weight excluding hydrogens is 262 g/mol. The van der Waals surface area contributed by atoms with Crippen LogP contribution >= 0.6 is 11.3 Å². The van der Waals surface area contributed by atoms with E-state index in [9.17, 15) is 4.79 Å². The van der Waals surface area contributed by atoms with Crippen LogP contribution in [-0.2, 0) is 11.3 Å². The Morgan fingerprint density at radius 2 is 2.21 bits per heavy atom. The highest BCUT2D eigenvalue weighted by molar-refractivity contribution is 7.07. The molecule has 0 spiro atoms. The van der Waals surface area contributed by atoms with E-state index < -0.39 is 5.97 Å². The van der Waals surface area contributed by atoms with Gasteiger partial charge in [-0.1, -0.05) is 6.07 Å². The normalized spacial score (nSPS) is 10.2. The van der Waals surface area contributed by atoms with E-state index in [2.05, 4.69) is 0 Å². The number of para-hydroxylation sites is 1. The van der Waals surface area contributed by atoms with Gasteiger partial charge in [0.1, 0.15) is 12.2 Å². The van der Waals surface area contributed by atoms with Gasteiger partial charge in [0.25, 0.3) is 0 Å². The summed E-state index contributed by atoms with van der Waals surface area (Å²) in [5.74, 6) is -0.0396. The molecule has 2 aromatic rings. The van der Waals surface area contributed by atoms with E-state index in [4.69, 9.17) is 15.2 Å². The summed E-state index contributed by atoms with van der Waals surface area (Å²) in [7, 11) is 0. The minimum absolute atomic E-state index is 0.253. The minimum Gasteiger partial charge on any atom is -0.491 e. The lowest BCUT2D eigenvalue weighted by atomic mass is 10.1. The molecule has 1 heterocycles. The third-order valence-electron chi connectivity index (χ3n) is 2.50. The minimum atomic E-state index is -0.429. The highest BCUT2D eigenvalue weighted by Crippen LogP contribution is 2.27. The second-order valence-corrected chi connectivity index (χ2v) is 4.64. The summed E-state index contributed by atoms with van der Waals surface area (Å²) in [6, 6.07) is 6.97. The lowest BCUT2D eigenvalue weighted by Crippen LogP contribution is -2.09. The number of anilines is 1. The van der Waals surface area contributed by atoms with Crippen molar-refractivity contribution in [3.63, 3.8) is 0 Å². The Morgan fingerprint density at radius 3 is 2.89 bits per heavy atom. The van der Waals surface area contributed by atoms with Gasteiger partial charge < -0.3 is 15.2 Å². The van der Waals surface area contributed by atoms with Crippen molar-refractivity contribution in [2.45, 2.75) is 13.5 Å². The average Bonchev–Trinajstić information content (AvgIpc) is 2.92. The van der Waals surface area contributed by atoms with E-state index in [0.717, 1.165) is 5.56 Å². The van der Waals surface area contributed by atoms with Gasteiger partial charge in [0, 0.05) is 5.56 Å². The van der Waals surface area contributed by atoms with E-state index in [-0.39, 0.29) is 6.61 Å². The number of thiophene rings is 1. The summed E-state index contributed by atoms with van der Waals surface area (Å²) >= 11 is 1.56. The third-order valence-corrected chi connectivity index (χ3v) is 3.24. The van der Waals surface area contributed by atoms with Gasteiger partial charge >= 0.3 is 5.97 Å². The van der Waals surface area contributed by atoms with E-state index >= 15 is 0 Å². The van der Waals surface area contributed by atoms with E-state index in [1.807, 2.05) is 23.8 Å². The first-order valence-electron chi connectivity index (χ1n) is 5.92. The molecule has 0 saturated carbocycles. The lowest BCUT2D eigenvalue weighted by Gasteiger charge is -2.11. The van der Waals surface area contributed by atoms with Crippen molar-refractivity contribution in [3.8, 4) is 5.75 Å². The fourth-order valence-electron chi connectivity index (χ4n) is 1.62. The topological polar surface area (TPSA) is 61.5 Å². The number of nitrogen functional groups attached to an aromatic ring is 1. The predicted octanol–water partition coefficient (Wildman–Crippen LogP) is 3.09. The van der Waals surface area contributed by atoms with Crippen molar-refractivity contribution in [2.75, 3.05) is 12.3 Å². The quantitative estimate of drug-likeness (QED) is 0.674. The first kappa shape index (κ1) is 13.4.